The number of aromatic nitrogens is 4. The third kappa shape index (κ3) is 4.33. The van der Waals surface area contributed by atoms with Crippen molar-refractivity contribution < 1.29 is 9.72 Å². The van der Waals surface area contributed by atoms with Gasteiger partial charge in [-0.15, -0.1) is 0 Å². The number of halogens is 1. The Morgan fingerprint density at radius 3 is 2.65 bits per heavy atom. The number of nitro groups is 1. The zero-order chi connectivity index (χ0) is 18.7. The first-order valence-corrected chi connectivity index (χ1v) is 8.45. The first-order valence-electron chi connectivity index (χ1n) is 7.66. The molecule has 0 bridgehead atoms. The topological polar surface area (TPSA) is 108 Å². The molecular formula is C16H15BrN6O3. The molecule has 0 saturated heterocycles. The predicted octanol–water partition coefficient (Wildman–Crippen LogP) is 2.75. The van der Waals surface area contributed by atoms with Gasteiger partial charge >= 0.3 is 5.69 Å². The van der Waals surface area contributed by atoms with Crippen LogP contribution < -0.4 is 5.32 Å². The molecule has 0 aliphatic heterocycles. The van der Waals surface area contributed by atoms with Crippen molar-refractivity contribution in [2.24, 2.45) is 0 Å². The van der Waals surface area contributed by atoms with Crippen molar-refractivity contribution >= 4 is 33.2 Å². The summed E-state index contributed by atoms with van der Waals surface area (Å²) in [4.78, 5) is 22.4. The highest BCUT2D eigenvalue weighted by Crippen LogP contribution is 2.15. The third-order valence-electron chi connectivity index (χ3n) is 3.60. The van der Waals surface area contributed by atoms with Crippen LogP contribution in [0.3, 0.4) is 0 Å². The summed E-state index contributed by atoms with van der Waals surface area (Å²) in [5.41, 5.74) is 1.78. The molecule has 0 spiro atoms. The Morgan fingerprint density at radius 2 is 2.00 bits per heavy atom. The minimum absolute atomic E-state index is 0.111. The molecule has 1 amide bonds. The molecule has 0 aliphatic carbocycles. The molecule has 3 rings (SSSR count). The van der Waals surface area contributed by atoms with Crippen molar-refractivity contribution in [2.75, 3.05) is 5.32 Å². The summed E-state index contributed by atoms with van der Waals surface area (Å²) in [6.07, 6.45) is 4.51. The maximum absolute atomic E-state index is 12.1. The van der Waals surface area contributed by atoms with Gasteiger partial charge < -0.3 is 5.32 Å². The Labute approximate surface area is 156 Å². The zero-order valence-electron chi connectivity index (χ0n) is 13.8. The summed E-state index contributed by atoms with van der Waals surface area (Å²) in [7, 11) is 0. The second-order valence-electron chi connectivity index (χ2n) is 5.66. The molecule has 0 atom stereocenters. The number of rotatable bonds is 6. The number of aryl methyl sites for hydroxylation is 1. The first kappa shape index (κ1) is 17.8. The number of carbonyl (C=O) groups is 1. The molecule has 10 heteroatoms. The van der Waals surface area contributed by atoms with Crippen LogP contribution in [0.1, 0.15) is 11.3 Å². The lowest BCUT2D eigenvalue weighted by atomic mass is 10.2. The number of nitrogens with one attached hydrogen (secondary N) is 1. The Hall–Kier alpha value is -3.01. The molecule has 0 unspecified atom stereocenters. The lowest BCUT2D eigenvalue weighted by Gasteiger charge is -2.03. The number of hydrogen-bond donors (Lipinski definition) is 1. The van der Waals surface area contributed by atoms with Gasteiger partial charge in [-0.3, -0.25) is 24.3 Å². The maximum atomic E-state index is 12.1. The van der Waals surface area contributed by atoms with Crippen LogP contribution in [0.4, 0.5) is 11.4 Å². The average molecular weight is 419 g/mol. The van der Waals surface area contributed by atoms with E-state index in [4.69, 9.17) is 0 Å². The molecule has 134 valence electrons. The monoisotopic (exact) mass is 418 g/mol. The van der Waals surface area contributed by atoms with Crippen molar-refractivity contribution in [1.29, 1.82) is 0 Å². The van der Waals surface area contributed by atoms with Crippen molar-refractivity contribution in [3.8, 4) is 0 Å². The number of carbonyl (C=O) groups excluding carboxylic acids is 1. The summed E-state index contributed by atoms with van der Waals surface area (Å²) in [6, 6.07) is 7.87. The minimum atomic E-state index is -0.525. The summed E-state index contributed by atoms with van der Waals surface area (Å²) >= 11 is 3.39. The first-order chi connectivity index (χ1) is 12.4. The number of anilines is 1. The van der Waals surface area contributed by atoms with Gasteiger partial charge in [0.15, 0.2) is 0 Å². The van der Waals surface area contributed by atoms with Gasteiger partial charge in [-0.05, 0) is 24.6 Å². The van der Waals surface area contributed by atoms with Crippen molar-refractivity contribution in [2.45, 2.75) is 20.0 Å². The summed E-state index contributed by atoms with van der Waals surface area (Å²) in [6.45, 7) is 1.99. The van der Waals surface area contributed by atoms with Crippen LogP contribution in [0.5, 0.6) is 0 Å². The molecule has 2 aromatic heterocycles. The van der Waals surface area contributed by atoms with Crippen molar-refractivity contribution in [3.63, 3.8) is 0 Å². The van der Waals surface area contributed by atoms with E-state index in [-0.39, 0.29) is 23.8 Å². The molecule has 0 aliphatic rings. The smallest absolute Gasteiger partial charge is 0.309 e. The molecule has 2 heterocycles. The Balaban J connectivity index is 1.60. The van der Waals surface area contributed by atoms with Crippen LogP contribution in [0.25, 0.3) is 0 Å². The standard InChI is InChI=1S/C16H15BrN6O3/c1-11-15(23(25)26)9-22(20-11)10-16(24)19-14-6-18-21(8-14)7-12-2-4-13(17)5-3-12/h2-6,8-9H,7,10H2,1H3,(H,19,24). The van der Waals surface area contributed by atoms with Crippen LogP contribution >= 0.6 is 15.9 Å². The van der Waals surface area contributed by atoms with E-state index in [2.05, 4.69) is 31.4 Å². The van der Waals surface area contributed by atoms with Crippen molar-refractivity contribution in [3.05, 3.63) is 68.7 Å². The largest absolute Gasteiger partial charge is 0.322 e. The third-order valence-corrected chi connectivity index (χ3v) is 4.13. The number of hydrogen-bond acceptors (Lipinski definition) is 5. The second kappa shape index (κ2) is 7.48. The number of nitrogens with zero attached hydrogens (tertiary/aromatic N) is 5. The van der Waals surface area contributed by atoms with Gasteiger partial charge in [0.05, 0.1) is 23.4 Å². The molecule has 3 aromatic rings. The van der Waals surface area contributed by atoms with E-state index in [0.717, 1.165) is 10.0 Å². The van der Waals surface area contributed by atoms with Crippen LogP contribution in [0.2, 0.25) is 0 Å². The SMILES string of the molecule is Cc1nn(CC(=O)Nc2cnn(Cc3ccc(Br)cc3)c2)cc1[N+](=O)[O-]. The van der Waals surface area contributed by atoms with E-state index < -0.39 is 4.92 Å². The fourth-order valence-corrected chi connectivity index (χ4v) is 2.67. The van der Waals surface area contributed by atoms with Gasteiger partial charge in [-0.2, -0.15) is 10.2 Å². The molecule has 1 aromatic carbocycles. The zero-order valence-corrected chi connectivity index (χ0v) is 15.4. The van der Waals surface area contributed by atoms with Gasteiger partial charge in [-0.1, -0.05) is 28.1 Å². The highest BCUT2D eigenvalue weighted by atomic mass is 79.9. The van der Waals surface area contributed by atoms with Crippen LogP contribution in [0, 0.1) is 17.0 Å². The molecule has 1 N–H and O–H groups in total. The Bertz CT molecular complexity index is 947. The lowest BCUT2D eigenvalue weighted by Crippen LogP contribution is -2.18. The highest BCUT2D eigenvalue weighted by molar-refractivity contribution is 9.10. The van der Waals surface area contributed by atoms with Crippen LogP contribution in [-0.4, -0.2) is 30.4 Å². The maximum Gasteiger partial charge on any atom is 0.309 e. The Kier molecular flexibility index (Phi) is 5.12. The normalized spacial score (nSPS) is 10.7. The molecule has 0 saturated carbocycles. The quantitative estimate of drug-likeness (QED) is 0.488. The van der Waals surface area contributed by atoms with Gasteiger partial charge in [-0.25, -0.2) is 0 Å². The van der Waals surface area contributed by atoms with Gasteiger partial charge in [0.2, 0.25) is 5.91 Å². The van der Waals surface area contributed by atoms with E-state index in [0.29, 0.717) is 12.2 Å². The van der Waals surface area contributed by atoms with Gasteiger partial charge in [0.1, 0.15) is 18.4 Å². The van der Waals surface area contributed by atoms with Crippen LogP contribution in [-0.2, 0) is 17.9 Å². The fourth-order valence-electron chi connectivity index (χ4n) is 2.41. The van der Waals surface area contributed by atoms with Gasteiger partial charge in [0, 0.05) is 10.7 Å². The molecule has 0 radical (unpaired) electrons. The lowest BCUT2D eigenvalue weighted by molar-refractivity contribution is -0.385. The molecule has 0 fully saturated rings. The second-order valence-corrected chi connectivity index (χ2v) is 6.57. The Morgan fingerprint density at radius 1 is 1.27 bits per heavy atom. The minimum Gasteiger partial charge on any atom is -0.322 e. The number of amides is 1. The van der Waals surface area contributed by atoms with Crippen molar-refractivity contribution in [1.82, 2.24) is 19.6 Å². The average Bonchev–Trinajstić information content (AvgIpc) is 3.16. The molecule has 26 heavy (non-hydrogen) atoms. The van der Waals surface area contributed by atoms with Gasteiger partial charge in [0.25, 0.3) is 0 Å². The highest BCUT2D eigenvalue weighted by Gasteiger charge is 2.16. The van der Waals surface area contributed by atoms with E-state index >= 15 is 0 Å². The summed E-state index contributed by atoms with van der Waals surface area (Å²) in [5, 5.41) is 21.7. The van der Waals surface area contributed by atoms with Crippen LogP contribution in [0.15, 0.2) is 47.3 Å². The van der Waals surface area contributed by atoms with E-state index in [1.807, 2.05) is 24.3 Å². The van der Waals surface area contributed by atoms with E-state index in [1.165, 1.54) is 17.8 Å². The van der Waals surface area contributed by atoms with E-state index in [1.54, 1.807) is 17.1 Å². The summed E-state index contributed by atoms with van der Waals surface area (Å²) < 4.78 is 3.96. The van der Waals surface area contributed by atoms with E-state index in [9.17, 15) is 14.9 Å². The number of benzene rings is 1. The fraction of sp³-hybridized carbons (Fsp3) is 0.188. The summed E-state index contributed by atoms with van der Waals surface area (Å²) in [5.74, 6) is -0.342. The predicted molar refractivity (Wildman–Crippen MR) is 97.7 cm³/mol. The molecular weight excluding hydrogens is 404 g/mol. The molecule has 9 nitrogen and oxygen atoms in total.